The number of hydrogen-bond acceptors (Lipinski definition) is 4. The van der Waals surface area contributed by atoms with Crippen molar-refractivity contribution in [3.8, 4) is 11.5 Å². The Hall–Kier alpha value is -1.88. The van der Waals surface area contributed by atoms with E-state index in [0.29, 0.717) is 5.69 Å². The fraction of sp³-hybridized carbons (Fsp3) is 0. The van der Waals surface area contributed by atoms with Crippen molar-refractivity contribution in [1.29, 1.82) is 0 Å². The third-order valence-corrected chi connectivity index (χ3v) is 3.01. The van der Waals surface area contributed by atoms with Crippen LogP contribution in [0.4, 0.5) is 0 Å². The van der Waals surface area contributed by atoms with E-state index in [9.17, 15) is 4.79 Å². The van der Waals surface area contributed by atoms with Gasteiger partial charge in [0.05, 0.1) is 12.5 Å². The largest absolute Gasteiger partial charge is 0.463 e. The van der Waals surface area contributed by atoms with Gasteiger partial charge in [0, 0.05) is 5.38 Å². The van der Waals surface area contributed by atoms with Crippen LogP contribution in [0.1, 0.15) is 10.5 Å². The molecule has 0 aliphatic heterocycles. The van der Waals surface area contributed by atoms with Gasteiger partial charge in [-0.15, -0.1) is 11.3 Å². The van der Waals surface area contributed by atoms with Gasteiger partial charge in [-0.25, -0.2) is 4.98 Å². The molecule has 0 aliphatic carbocycles. The van der Waals surface area contributed by atoms with Gasteiger partial charge in [0.1, 0.15) is 11.4 Å². The fourth-order valence-corrected chi connectivity index (χ4v) is 2.37. The average molecular weight is 218 g/mol. The first-order chi connectivity index (χ1) is 7.40. The molecule has 0 saturated carbocycles. The Labute approximate surface area is 88.8 Å². The van der Waals surface area contributed by atoms with Gasteiger partial charge in [0.15, 0.2) is 17.0 Å². The Bertz CT molecular complexity index is 606. The van der Waals surface area contributed by atoms with Crippen LogP contribution in [0, 0.1) is 0 Å². The van der Waals surface area contributed by atoms with Gasteiger partial charge in [-0.05, 0) is 12.1 Å². The molecular weight excluding hydrogens is 212 g/mol. The molecule has 0 aliphatic rings. The molecule has 0 saturated heterocycles. The van der Waals surface area contributed by atoms with Crippen LogP contribution in [0.3, 0.4) is 0 Å². The van der Waals surface area contributed by atoms with Gasteiger partial charge in [-0.1, -0.05) is 0 Å². The molecule has 0 unspecified atom stereocenters. The van der Waals surface area contributed by atoms with Crippen molar-refractivity contribution in [3.05, 3.63) is 35.7 Å². The number of fused-ring (bicyclic) bond motifs is 1. The molecule has 0 atom stereocenters. The van der Waals surface area contributed by atoms with Crippen LogP contribution in [0.5, 0.6) is 0 Å². The molecule has 0 fully saturated rings. The van der Waals surface area contributed by atoms with Crippen molar-refractivity contribution in [2.24, 2.45) is 0 Å². The smallest absolute Gasteiger partial charge is 0.194 e. The Balaban J connectivity index is 2.35. The maximum absolute atomic E-state index is 10.8. The number of furan rings is 1. The zero-order chi connectivity index (χ0) is 10.3. The zero-order valence-corrected chi connectivity index (χ0v) is 8.40. The fourth-order valence-electron chi connectivity index (χ4n) is 1.51. The molecule has 3 rings (SSSR count). The summed E-state index contributed by atoms with van der Waals surface area (Å²) in [6.07, 6.45) is 3.96. The van der Waals surface area contributed by atoms with E-state index in [4.69, 9.17) is 4.42 Å². The molecular formula is C10H6N2O2S. The second kappa shape index (κ2) is 3.06. The molecule has 4 nitrogen and oxygen atoms in total. The minimum absolute atomic E-state index is 0.539. The van der Waals surface area contributed by atoms with Crippen molar-refractivity contribution in [1.82, 2.24) is 9.38 Å². The number of thiazole rings is 1. The number of nitrogens with zero attached hydrogens (tertiary/aromatic N) is 2. The quantitative estimate of drug-likeness (QED) is 0.621. The lowest BCUT2D eigenvalue weighted by atomic mass is 10.3. The topological polar surface area (TPSA) is 47.5 Å². The van der Waals surface area contributed by atoms with Crippen LogP contribution in [-0.4, -0.2) is 15.7 Å². The minimum atomic E-state index is 0.539. The van der Waals surface area contributed by atoms with Gasteiger partial charge < -0.3 is 4.42 Å². The molecule has 0 radical (unpaired) electrons. The van der Waals surface area contributed by atoms with Crippen molar-refractivity contribution in [3.63, 3.8) is 0 Å². The van der Waals surface area contributed by atoms with E-state index in [1.54, 1.807) is 16.9 Å². The number of hydrogen-bond donors (Lipinski definition) is 0. The molecule has 0 spiro atoms. The normalized spacial score (nSPS) is 10.9. The van der Waals surface area contributed by atoms with Gasteiger partial charge in [0.25, 0.3) is 0 Å². The summed E-state index contributed by atoms with van der Waals surface area (Å²) in [5.41, 5.74) is 1.40. The van der Waals surface area contributed by atoms with Crippen LogP contribution in [0.2, 0.25) is 0 Å². The Morgan fingerprint density at radius 3 is 3.20 bits per heavy atom. The first-order valence-electron chi connectivity index (χ1n) is 4.34. The lowest BCUT2D eigenvalue weighted by molar-refractivity contribution is 0.111. The SMILES string of the molecule is O=Cc1cnc2scc(-c3ccco3)n12. The summed E-state index contributed by atoms with van der Waals surface area (Å²) >= 11 is 1.48. The van der Waals surface area contributed by atoms with E-state index in [1.807, 2.05) is 17.5 Å². The summed E-state index contributed by atoms with van der Waals surface area (Å²) in [6, 6.07) is 3.67. The predicted octanol–water partition coefficient (Wildman–Crippen LogP) is 2.47. The van der Waals surface area contributed by atoms with Crippen molar-refractivity contribution < 1.29 is 9.21 Å². The lowest BCUT2D eigenvalue weighted by Gasteiger charge is -1.95. The van der Waals surface area contributed by atoms with Gasteiger partial charge >= 0.3 is 0 Å². The lowest BCUT2D eigenvalue weighted by Crippen LogP contribution is -1.90. The van der Waals surface area contributed by atoms with Crippen molar-refractivity contribution in [2.45, 2.75) is 0 Å². The third-order valence-electron chi connectivity index (χ3n) is 2.17. The number of carbonyl (C=O) groups excluding carboxylic acids is 1. The van der Waals surface area contributed by atoms with E-state index < -0.39 is 0 Å². The Morgan fingerprint density at radius 1 is 1.53 bits per heavy atom. The Kier molecular flexibility index (Phi) is 1.72. The summed E-state index contributed by atoms with van der Waals surface area (Å²) in [7, 11) is 0. The highest BCUT2D eigenvalue weighted by Crippen LogP contribution is 2.26. The van der Waals surface area contributed by atoms with Crippen molar-refractivity contribution >= 4 is 22.6 Å². The first-order valence-corrected chi connectivity index (χ1v) is 5.22. The van der Waals surface area contributed by atoms with Crippen LogP contribution in [-0.2, 0) is 0 Å². The summed E-state index contributed by atoms with van der Waals surface area (Å²) < 4.78 is 7.09. The molecule has 3 heterocycles. The van der Waals surface area contributed by atoms with Crippen molar-refractivity contribution in [2.75, 3.05) is 0 Å². The highest BCUT2D eigenvalue weighted by atomic mass is 32.1. The molecule has 0 aromatic carbocycles. The standard InChI is InChI=1S/C10H6N2O2S/c13-5-7-4-11-10-12(7)8(6-15-10)9-2-1-3-14-9/h1-6H. The highest BCUT2D eigenvalue weighted by Gasteiger charge is 2.12. The average Bonchev–Trinajstić information content (AvgIpc) is 2.94. The van der Waals surface area contributed by atoms with Gasteiger partial charge in [-0.3, -0.25) is 9.20 Å². The maximum atomic E-state index is 10.8. The van der Waals surface area contributed by atoms with E-state index in [2.05, 4.69) is 4.98 Å². The number of aromatic nitrogens is 2. The molecule has 15 heavy (non-hydrogen) atoms. The summed E-state index contributed by atoms with van der Waals surface area (Å²) in [5.74, 6) is 0.738. The third kappa shape index (κ3) is 1.13. The molecule has 0 amide bonds. The summed E-state index contributed by atoms with van der Waals surface area (Å²) in [6.45, 7) is 0. The first kappa shape index (κ1) is 8.43. The van der Waals surface area contributed by atoms with Crippen LogP contribution < -0.4 is 0 Å². The monoisotopic (exact) mass is 218 g/mol. The second-order valence-electron chi connectivity index (χ2n) is 3.02. The van der Waals surface area contributed by atoms with E-state index in [1.165, 1.54) is 11.3 Å². The maximum Gasteiger partial charge on any atom is 0.194 e. The number of carbonyl (C=O) groups is 1. The van der Waals surface area contributed by atoms with Crippen LogP contribution in [0.15, 0.2) is 34.4 Å². The molecule has 5 heteroatoms. The zero-order valence-electron chi connectivity index (χ0n) is 7.58. The molecule has 74 valence electrons. The Morgan fingerprint density at radius 2 is 2.47 bits per heavy atom. The summed E-state index contributed by atoms with van der Waals surface area (Å²) in [5, 5.41) is 1.92. The molecule has 3 aromatic rings. The number of aldehydes is 1. The predicted molar refractivity (Wildman–Crippen MR) is 56.2 cm³/mol. The second-order valence-corrected chi connectivity index (χ2v) is 3.85. The van der Waals surface area contributed by atoms with Gasteiger partial charge in [-0.2, -0.15) is 0 Å². The molecule has 0 bridgehead atoms. The van der Waals surface area contributed by atoms with Gasteiger partial charge in [0.2, 0.25) is 0 Å². The molecule has 3 aromatic heterocycles. The van der Waals surface area contributed by atoms with Crippen LogP contribution in [0.25, 0.3) is 16.4 Å². The minimum Gasteiger partial charge on any atom is -0.463 e. The molecule has 0 N–H and O–H groups in total. The van der Waals surface area contributed by atoms with E-state index in [-0.39, 0.29) is 0 Å². The summed E-state index contributed by atoms with van der Waals surface area (Å²) in [4.78, 5) is 15.7. The number of imidazole rings is 1. The van der Waals surface area contributed by atoms with E-state index >= 15 is 0 Å². The number of rotatable bonds is 2. The van der Waals surface area contributed by atoms with Crippen LogP contribution >= 0.6 is 11.3 Å². The highest BCUT2D eigenvalue weighted by molar-refractivity contribution is 7.15. The van der Waals surface area contributed by atoms with E-state index in [0.717, 1.165) is 22.7 Å².